The van der Waals surface area contributed by atoms with Gasteiger partial charge in [-0.1, -0.05) is 48.6 Å². The average molecular weight is 226 g/mol. The lowest BCUT2D eigenvalue weighted by molar-refractivity contribution is -0.131. The van der Waals surface area contributed by atoms with Crippen LogP contribution < -0.4 is 0 Å². The Bertz CT molecular complexity index is 511. The van der Waals surface area contributed by atoms with Gasteiger partial charge in [0.2, 0.25) is 0 Å². The van der Waals surface area contributed by atoms with E-state index in [2.05, 4.69) is 18.7 Å². The number of carboxylic acid groups (broad SMARTS) is 1. The third-order valence-electron chi connectivity index (χ3n) is 3.04. The van der Waals surface area contributed by atoms with Crippen LogP contribution in [-0.4, -0.2) is 11.1 Å². The summed E-state index contributed by atoms with van der Waals surface area (Å²) in [5.41, 5.74) is 2.02. The summed E-state index contributed by atoms with van der Waals surface area (Å²) in [5.74, 6) is -0.932. The van der Waals surface area contributed by atoms with Gasteiger partial charge in [0.05, 0.1) is 0 Å². The zero-order valence-electron chi connectivity index (χ0n) is 9.47. The monoisotopic (exact) mass is 226 g/mol. The molecule has 0 aliphatic heterocycles. The topological polar surface area (TPSA) is 37.3 Å². The molecule has 0 heterocycles. The van der Waals surface area contributed by atoms with Gasteiger partial charge in [0.25, 0.3) is 0 Å². The molecule has 2 heteroatoms. The van der Waals surface area contributed by atoms with Crippen LogP contribution in [-0.2, 0) is 11.2 Å². The molecule has 2 rings (SSSR count). The van der Waals surface area contributed by atoms with E-state index in [9.17, 15) is 4.79 Å². The fraction of sp³-hybridized carbons (Fsp3) is 0.133. The summed E-state index contributed by atoms with van der Waals surface area (Å²) in [6.45, 7) is 3.81. The Labute approximate surface area is 101 Å². The number of carboxylic acids is 1. The van der Waals surface area contributed by atoms with Crippen LogP contribution in [0.25, 0.3) is 6.08 Å². The molecule has 0 radical (unpaired) electrons. The van der Waals surface area contributed by atoms with Crippen molar-refractivity contribution in [3.63, 3.8) is 0 Å². The molecule has 2 nitrogen and oxygen atoms in total. The third-order valence-corrected chi connectivity index (χ3v) is 3.04. The van der Waals surface area contributed by atoms with Crippen molar-refractivity contribution in [3.8, 4) is 0 Å². The first-order chi connectivity index (χ1) is 8.15. The molecule has 0 saturated carbocycles. The minimum atomic E-state index is -0.932. The Morgan fingerprint density at radius 3 is 2.88 bits per heavy atom. The zero-order chi connectivity index (χ0) is 12.3. The zero-order valence-corrected chi connectivity index (χ0v) is 9.47. The van der Waals surface area contributed by atoms with E-state index in [4.69, 9.17) is 5.11 Å². The predicted molar refractivity (Wildman–Crippen MR) is 68.6 cm³/mol. The summed E-state index contributed by atoms with van der Waals surface area (Å²) >= 11 is 0. The molecule has 86 valence electrons. The van der Waals surface area contributed by atoms with Crippen LogP contribution in [0.2, 0.25) is 0 Å². The lowest BCUT2D eigenvalue weighted by Crippen LogP contribution is -2.19. The smallest absolute Gasteiger partial charge is 0.328 e. The second-order valence-electron chi connectivity index (χ2n) is 4.20. The van der Waals surface area contributed by atoms with Gasteiger partial charge >= 0.3 is 5.97 Å². The summed E-state index contributed by atoms with van der Waals surface area (Å²) in [6, 6.07) is 8.11. The van der Waals surface area contributed by atoms with Crippen LogP contribution in [0.1, 0.15) is 11.1 Å². The SMILES string of the molecule is C=CC1(C=CC(=O)O)C=Cc2ccccc2C1. The highest BCUT2D eigenvalue weighted by Crippen LogP contribution is 2.34. The Balaban J connectivity index is 2.36. The maximum absolute atomic E-state index is 10.6. The van der Waals surface area contributed by atoms with Crippen molar-refractivity contribution in [1.29, 1.82) is 0 Å². The lowest BCUT2D eigenvalue weighted by atomic mass is 9.76. The highest BCUT2D eigenvalue weighted by atomic mass is 16.4. The van der Waals surface area contributed by atoms with Crippen molar-refractivity contribution in [1.82, 2.24) is 0 Å². The van der Waals surface area contributed by atoms with Crippen LogP contribution in [0.5, 0.6) is 0 Å². The summed E-state index contributed by atoms with van der Waals surface area (Å²) in [6.07, 6.45) is 9.44. The first-order valence-corrected chi connectivity index (χ1v) is 5.48. The van der Waals surface area contributed by atoms with Crippen molar-refractivity contribution in [2.75, 3.05) is 0 Å². The fourth-order valence-electron chi connectivity index (χ4n) is 2.04. The van der Waals surface area contributed by atoms with E-state index < -0.39 is 5.97 Å². The molecule has 1 unspecified atom stereocenters. The van der Waals surface area contributed by atoms with Gasteiger partial charge in [-0.25, -0.2) is 4.79 Å². The molecule has 1 aromatic rings. The van der Waals surface area contributed by atoms with Crippen molar-refractivity contribution in [2.45, 2.75) is 6.42 Å². The van der Waals surface area contributed by atoms with E-state index >= 15 is 0 Å². The minimum absolute atomic E-state index is 0.382. The van der Waals surface area contributed by atoms with Gasteiger partial charge in [-0.3, -0.25) is 0 Å². The fourth-order valence-corrected chi connectivity index (χ4v) is 2.04. The number of benzene rings is 1. The van der Waals surface area contributed by atoms with Crippen molar-refractivity contribution >= 4 is 12.0 Å². The van der Waals surface area contributed by atoms with Gasteiger partial charge in [0.1, 0.15) is 0 Å². The van der Waals surface area contributed by atoms with Gasteiger partial charge in [0, 0.05) is 11.5 Å². The molecule has 1 aliphatic carbocycles. The van der Waals surface area contributed by atoms with Gasteiger partial charge in [-0.2, -0.15) is 0 Å². The minimum Gasteiger partial charge on any atom is -0.478 e. The molecule has 1 N–H and O–H groups in total. The summed E-state index contributed by atoms with van der Waals surface area (Å²) in [7, 11) is 0. The molecule has 0 saturated heterocycles. The summed E-state index contributed by atoms with van der Waals surface area (Å²) < 4.78 is 0. The van der Waals surface area contributed by atoms with Gasteiger partial charge in [0.15, 0.2) is 0 Å². The summed E-state index contributed by atoms with van der Waals surface area (Å²) in [5, 5.41) is 8.70. The highest BCUT2D eigenvalue weighted by molar-refractivity contribution is 5.80. The molecule has 0 amide bonds. The maximum Gasteiger partial charge on any atom is 0.328 e. The largest absolute Gasteiger partial charge is 0.478 e. The molecule has 1 atom stereocenters. The molecular formula is C15H14O2. The Morgan fingerprint density at radius 2 is 2.18 bits per heavy atom. The van der Waals surface area contributed by atoms with Crippen LogP contribution in [0.3, 0.4) is 0 Å². The van der Waals surface area contributed by atoms with E-state index in [0.717, 1.165) is 6.42 Å². The number of hydrogen-bond donors (Lipinski definition) is 1. The molecule has 0 spiro atoms. The van der Waals surface area contributed by atoms with Gasteiger partial charge in [-0.05, 0) is 17.5 Å². The molecule has 1 aliphatic rings. The molecular weight excluding hydrogens is 212 g/mol. The predicted octanol–water partition coefficient (Wildman–Crippen LogP) is 3.07. The Morgan fingerprint density at radius 1 is 1.41 bits per heavy atom. The number of allylic oxidation sites excluding steroid dienone is 3. The van der Waals surface area contributed by atoms with Crippen molar-refractivity contribution in [3.05, 3.63) is 66.3 Å². The lowest BCUT2D eigenvalue weighted by Gasteiger charge is -2.27. The van der Waals surface area contributed by atoms with E-state index in [1.807, 2.05) is 24.3 Å². The highest BCUT2D eigenvalue weighted by Gasteiger charge is 2.24. The quantitative estimate of drug-likeness (QED) is 0.635. The molecule has 17 heavy (non-hydrogen) atoms. The van der Waals surface area contributed by atoms with E-state index in [-0.39, 0.29) is 5.41 Å². The molecule has 0 aromatic heterocycles. The second-order valence-corrected chi connectivity index (χ2v) is 4.20. The third kappa shape index (κ3) is 2.36. The number of carbonyl (C=O) groups is 1. The molecule has 0 fully saturated rings. The Hall–Kier alpha value is -2.09. The first-order valence-electron chi connectivity index (χ1n) is 5.48. The second kappa shape index (κ2) is 4.42. The van der Waals surface area contributed by atoms with Crippen LogP contribution in [0, 0.1) is 5.41 Å². The average Bonchev–Trinajstić information content (AvgIpc) is 2.36. The normalized spacial score (nSPS) is 22.4. The summed E-state index contributed by atoms with van der Waals surface area (Å²) in [4.78, 5) is 10.6. The van der Waals surface area contributed by atoms with Crippen LogP contribution in [0.15, 0.2) is 55.1 Å². The van der Waals surface area contributed by atoms with E-state index in [1.54, 1.807) is 12.2 Å². The number of hydrogen-bond acceptors (Lipinski definition) is 1. The van der Waals surface area contributed by atoms with E-state index in [1.165, 1.54) is 17.2 Å². The standard InChI is InChI=1S/C15H14O2/c1-2-15(10-8-14(16)17)9-7-12-5-3-4-6-13(12)11-15/h2-10H,1,11H2,(H,16,17). The number of fused-ring (bicyclic) bond motifs is 1. The number of aliphatic carboxylic acids is 1. The van der Waals surface area contributed by atoms with Gasteiger partial charge in [-0.15, -0.1) is 6.58 Å². The van der Waals surface area contributed by atoms with Crippen LogP contribution >= 0.6 is 0 Å². The van der Waals surface area contributed by atoms with Gasteiger partial charge < -0.3 is 5.11 Å². The van der Waals surface area contributed by atoms with Crippen molar-refractivity contribution in [2.24, 2.45) is 5.41 Å². The molecule has 1 aromatic carbocycles. The first kappa shape index (κ1) is 11.4. The van der Waals surface area contributed by atoms with Crippen molar-refractivity contribution < 1.29 is 9.90 Å². The number of rotatable bonds is 3. The maximum atomic E-state index is 10.6. The Kier molecular flexibility index (Phi) is 2.96. The van der Waals surface area contributed by atoms with E-state index in [0.29, 0.717) is 0 Å². The van der Waals surface area contributed by atoms with Crippen LogP contribution in [0.4, 0.5) is 0 Å². The molecule has 0 bridgehead atoms.